The Balaban J connectivity index is 1.54. The quantitative estimate of drug-likeness (QED) is 0.661. The van der Waals surface area contributed by atoms with Crippen molar-refractivity contribution in [1.82, 2.24) is 24.6 Å². The molecule has 0 aliphatic carbocycles. The van der Waals surface area contributed by atoms with Gasteiger partial charge in [0.15, 0.2) is 5.65 Å². The molecule has 1 aliphatic rings. The zero-order chi connectivity index (χ0) is 19.7. The van der Waals surface area contributed by atoms with E-state index in [1.54, 1.807) is 12.3 Å². The van der Waals surface area contributed by atoms with Crippen LogP contribution in [0.2, 0.25) is 0 Å². The number of likely N-dealkylation sites (N-methyl/N-ethyl adjacent to an activating group) is 1. The summed E-state index contributed by atoms with van der Waals surface area (Å²) in [7, 11) is 2.16. The van der Waals surface area contributed by atoms with E-state index in [1.807, 2.05) is 6.07 Å². The Kier molecular flexibility index (Phi) is 4.87. The number of allylic oxidation sites excluding steroid dienone is 1. The maximum atomic E-state index is 12.2. The van der Waals surface area contributed by atoms with Gasteiger partial charge in [-0.2, -0.15) is 4.98 Å². The van der Waals surface area contributed by atoms with Crippen LogP contribution in [0.4, 0.5) is 17.3 Å². The molecule has 1 saturated heterocycles. The number of aromatic amines is 1. The van der Waals surface area contributed by atoms with Gasteiger partial charge in [0.1, 0.15) is 5.39 Å². The van der Waals surface area contributed by atoms with E-state index >= 15 is 0 Å². The average Bonchev–Trinajstić information content (AvgIpc) is 2.98. The largest absolute Gasteiger partial charge is 0.369 e. The minimum Gasteiger partial charge on any atom is -0.369 e. The maximum Gasteiger partial charge on any atom is 0.277 e. The average molecular weight is 379 g/mol. The highest BCUT2D eigenvalue weighted by molar-refractivity contribution is 5.74. The molecule has 0 atom stereocenters. The minimum absolute atomic E-state index is 0.145. The second-order valence-corrected chi connectivity index (χ2v) is 7.19. The first-order valence-electron chi connectivity index (χ1n) is 9.43. The molecular weight excluding hydrogens is 354 g/mol. The highest BCUT2D eigenvalue weighted by Crippen LogP contribution is 2.26. The number of hydrogen-bond acceptors (Lipinski definition) is 6. The molecule has 2 N–H and O–H groups in total. The number of anilines is 3. The molecule has 8 heteroatoms. The van der Waals surface area contributed by atoms with E-state index in [2.05, 4.69) is 62.9 Å². The summed E-state index contributed by atoms with van der Waals surface area (Å²) < 4.78 is 1.46. The lowest BCUT2D eigenvalue weighted by atomic mass is 10.1. The summed E-state index contributed by atoms with van der Waals surface area (Å²) in [5.41, 5.74) is 3.76. The van der Waals surface area contributed by atoms with E-state index in [9.17, 15) is 4.79 Å². The molecule has 1 aromatic carbocycles. The number of rotatable bonds is 5. The minimum atomic E-state index is -0.145. The summed E-state index contributed by atoms with van der Waals surface area (Å²) in [5, 5.41) is 6.69. The number of hydrogen-bond donors (Lipinski definition) is 2. The van der Waals surface area contributed by atoms with Gasteiger partial charge in [0, 0.05) is 43.8 Å². The standard InChI is InChI=1S/C20H25N7O/c1-4-7-27-19(28)16-13-21-20(23-18(16)24-27)22-15-5-6-17(14(2)12-15)26-10-8-25(3)9-11-26/h4-6,12-13H,1,7-11H2,2-3H3,(H2,21,22,23,24). The number of H-pyrrole nitrogens is 1. The number of nitrogens with one attached hydrogen (secondary N) is 2. The Labute approximate surface area is 163 Å². The van der Waals surface area contributed by atoms with Crippen LogP contribution >= 0.6 is 0 Å². The number of aromatic nitrogens is 4. The highest BCUT2D eigenvalue weighted by atomic mass is 16.1. The van der Waals surface area contributed by atoms with Crippen LogP contribution in [0, 0.1) is 6.92 Å². The summed E-state index contributed by atoms with van der Waals surface area (Å²) in [6.45, 7) is 10.4. The first kappa shape index (κ1) is 18.2. The van der Waals surface area contributed by atoms with Crippen LogP contribution in [0.25, 0.3) is 11.0 Å². The molecule has 1 aliphatic heterocycles. The number of benzene rings is 1. The molecule has 0 amide bonds. The van der Waals surface area contributed by atoms with Crippen LogP contribution in [-0.2, 0) is 6.54 Å². The summed E-state index contributed by atoms with van der Waals surface area (Å²) >= 11 is 0. The second-order valence-electron chi connectivity index (χ2n) is 7.19. The van der Waals surface area contributed by atoms with Crippen LogP contribution < -0.4 is 15.8 Å². The lowest BCUT2D eigenvalue weighted by Gasteiger charge is -2.35. The molecule has 0 radical (unpaired) electrons. The van der Waals surface area contributed by atoms with Crippen molar-refractivity contribution in [2.75, 3.05) is 43.4 Å². The van der Waals surface area contributed by atoms with E-state index in [0.717, 1.165) is 31.9 Å². The number of aryl methyl sites for hydroxylation is 1. The van der Waals surface area contributed by atoms with Crippen LogP contribution in [-0.4, -0.2) is 57.9 Å². The molecule has 8 nitrogen and oxygen atoms in total. The van der Waals surface area contributed by atoms with E-state index in [-0.39, 0.29) is 5.56 Å². The number of nitrogens with zero attached hydrogens (tertiary/aromatic N) is 5. The van der Waals surface area contributed by atoms with Gasteiger partial charge in [0.2, 0.25) is 5.95 Å². The lowest BCUT2D eigenvalue weighted by Crippen LogP contribution is -2.44. The van der Waals surface area contributed by atoms with Gasteiger partial charge in [-0.15, -0.1) is 6.58 Å². The van der Waals surface area contributed by atoms with Gasteiger partial charge < -0.3 is 15.1 Å². The Hall–Kier alpha value is -3.13. The molecule has 0 bridgehead atoms. The van der Waals surface area contributed by atoms with Crippen molar-refractivity contribution in [3.05, 3.63) is 53.0 Å². The van der Waals surface area contributed by atoms with Crippen LogP contribution in [0.15, 0.2) is 41.8 Å². The lowest BCUT2D eigenvalue weighted by molar-refractivity contribution is 0.312. The van der Waals surface area contributed by atoms with Crippen molar-refractivity contribution < 1.29 is 0 Å². The fourth-order valence-corrected chi connectivity index (χ4v) is 3.53. The van der Waals surface area contributed by atoms with Gasteiger partial charge in [-0.1, -0.05) is 6.08 Å². The summed E-state index contributed by atoms with van der Waals surface area (Å²) in [6, 6.07) is 6.29. The maximum absolute atomic E-state index is 12.2. The van der Waals surface area contributed by atoms with Crippen LogP contribution in [0.1, 0.15) is 5.56 Å². The number of fused-ring (bicyclic) bond motifs is 1. The SMILES string of the molecule is C=CCn1[nH]c2nc(Nc3ccc(N4CCN(C)CC4)c(C)c3)ncc2c1=O. The van der Waals surface area contributed by atoms with Gasteiger partial charge in [-0.3, -0.25) is 9.89 Å². The van der Waals surface area contributed by atoms with Crippen molar-refractivity contribution >= 4 is 28.4 Å². The zero-order valence-corrected chi connectivity index (χ0v) is 16.3. The molecular formula is C20H25N7O. The second kappa shape index (κ2) is 7.47. The molecule has 3 aromatic rings. The van der Waals surface area contributed by atoms with E-state index < -0.39 is 0 Å². The Bertz CT molecular complexity index is 1060. The van der Waals surface area contributed by atoms with Crippen molar-refractivity contribution in [2.45, 2.75) is 13.5 Å². The first-order valence-corrected chi connectivity index (χ1v) is 9.43. The first-order chi connectivity index (χ1) is 13.5. The summed E-state index contributed by atoms with van der Waals surface area (Å²) in [4.78, 5) is 25.7. The highest BCUT2D eigenvalue weighted by Gasteiger charge is 2.16. The predicted molar refractivity (Wildman–Crippen MR) is 113 cm³/mol. The fraction of sp³-hybridized carbons (Fsp3) is 0.350. The van der Waals surface area contributed by atoms with Crippen molar-refractivity contribution in [3.8, 4) is 0 Å². The third kappa shape index (κ3) is 3.50. The van der Waals surface area contributed by atoms with Crippen LogP contribution in [0.5, 0.6) is 0 Å². The van der Waals surface area contributed by atoms with Crippen molar-refractivity contribution in [1.29, 1.82) is 0 Å². The molecule has 3 heterocycles. The molecule has 28 heavy (non-hydrogen) atoms. The summed E-state index contributed by atoms with van der Waals surface area (Å²) in [6.07, 6.45) is 3.21. The van der Waals surface area contributed by atoms with E-state index in [0.29, 0.717) is 23.5 Å². The topological polar surface area (TPSA) is 82.1 Å². The molecule has 0 spiro atoms. The van der Waals surface area contributed by atoms with Gasteiger partial charge >= 0.3 is 0 Å². The Morgan fingerprint density at radius 3 is 2.79 bits per heavy atom. The normalized spacial score (nSPS) is 15.1. The molecule has 0 unspecified atom stereocenters. The monoisotopic (exact) mass is 379 g/mol. The van der Waals surface area contributed by atoms with Gasteiger partial charge in [0.25, 0.3) is 5.56 Å². The Morgan fingerprint density at radius 1 is 1.29 bits per heavy atom. The van der Waals surface area contributed by atoms with Crippen molar-refractivity contribution in [3.63, 3.8) is 0 Å². The third-order valence-electron chi connectivity index (χ3n) is 5.11. The molecule has 146 valence electrons. The number of piperazine rings is 1. The molecule has 2 aromatic heterocycles. The van der Waals surface area contributed by atoms with Gasteiger partial charge in [0.05, 0.1) is 6.54 Å². The van der Waals surface area contributed by atoms with E-state index in [1.165, 1.54) is 15.9 Å². The molecule has 4 rings (SSSR count). The van der Waals surface area contributed by atoms with Gasteiger partial charge in [-0.05, 0) is 37.7 Å². The van der Waals surface area contributed by atoms with E-state index in [4.69, 9.17) is 0 Å². The fourth-order valence-electron chi connectivity index (χ4n) is 3.53. The third-order valence-corrected chi connectivity index (χ3v) is 5.11. The Morgan fingerprint density at radius 2 is 2.07 bits per heavy atom. The molecule has 0 saturated carbocycles. The zero-order valence-electron chi connectivity index (χ0n) is 16.3. The van der Waals surface area contributed by atoms with Crippen molar-refractivity contribution in [2.24, 2.45) is 0 Å². The van der Waals surface area contributed by atoms with Crippen LogP contribution in [0.3, 0.4) is 0 Å². The summed E-state index contributed by atoms with van der Waals surface area (Å²) in [5.74, 6) is 0.450. The van der Waals surface area contributed by atoms with Gasteiger partial charge in [-0.25, -0.2) is 9.67 Å². The smallest absolute Gasteiger partial charge is 0.277 e. The predicted octanol–water partition coefficient (Wildman–Crippen LogP) is 2.11. The molecule has 1 fully saturated rings.